The predicted octanol–water partition coefficient (Wildman–Crippen LogP) is 4.10. The number of aliphatic hydroxyl groups excluding tert-OH is 1. The molecule has 0 radical (unpaired) electrons. The van der Waals surface area contributed by atoms with Gasteiger partial charge < -0.3 is 10.0 Å². The molecule has 1 saturated carbocycles. The van der Waals surface area contributed by atoms with E-state index in [4.69, 9.17) is 5.11 Å². The maximum Gasteiger partial charge on any atom is 0.0682 e. The molecule has 2 nitrogen and oxygen atoms in total. The third-order valence-electron chi connectivity index (χ3n) is 3.86. The lowest BCUT2D eigenvalue weighted by Gasteiger charge is -2.36. The lowest BCUT2D eigenvalue weighted by molar-refractivity contribution is 0.282. The van der Waals surface area contributed by atoms with Crippen LogP contribution in [0.3, 0.4) is 0 Å². The second kappa shape index (κ2) is 6.58. The van der Waals surface area contributed by atoms with Gasteiger partial charge in [0.05, 0.1) is 12.3 Å². The highest BCUT2D eigenvalue weighted by atomic mass is 79.9. The Morgan fingerprint density at radius 3 is 2.56 bits per heavy atom. The third kappa shape index (κ3) is 3.07. The summed E-state index contributed by atoms with van der Waals surface area (Å²) in [6.45, 7) is 3.37. The first-order chi connectivity index (χ1) is 8.76. The fraction of sp³-hybridized carbons (Fsp3) is 0.600. The number of aliphatic hydroxyl groups is 1. The highest BCUT2D eigenvalue weighted by molar-refractivity contribution is 9.10. The summed E-state index contributed by atoms with van der Waals surface area (Å²) in [5.74, 6) is 0. The van der Waals surface area contributed by atoms with Crippen LogP contribution < -0.4 is 4.90 Å². The van der Waals surface area contributed by atoms with E-state index in [9.17, 15) is 0 Å². The Balaban J connectivity index is 2.20. The van der Waals surface area contributed by atoms with Crippen LogP contribution in [-0.4, -0.2) is 17.7 Å². The number of hydrogen-bond acceptors (Lipinski definition) is 2. The van der Waals surface area contributed by atoms with Crippen molar-refractivity contribution in [2.75, 3.05) is 11.4 Å². The molecule has 1 aromatic rings. The molecule has 18 heavy (non-hydrogen) atoms. The van der Waals surface area contributed by atoms with Crippen LogP contribution in [0.1, 0.15) is 44.6 Å². The van der Waals surface area contributed by atoms with Gasteiger partial charge in [0.2, 0.25) is 0 Å². The van der Waals surface area contributed by atoms with Crippen molar-refractivity contribution in [1.82, 2.24) is 0 Å². The summed E-state index contributed by atoms with van der Waals surface area (Å²) in [4.78, 5) is 2.50. The zero-order valence-corrected chi connectivity index (χ0v) is 12.6. The van der Waals surface area contributed by atoms with Crippen LogP contribution >= 0.6 is 15.9 Å². The van der Waals surface area contributed by atoms with Gasteiger partial charge in [-0.05, 0) is 53.4 Å². The third-order valence-corrected chi connectivity index (χ3v) is 4.50. The molecule has 100 valence electrons. The van der Waals surface area contributed by atoms with Crippen molar-refractivity contribution in [2.24, 2.45) is 0 Å². The highest BCUT2D eigenvalue weighted by Gasteiger charge is 2.21. The van der Waals surface area contributed by atoms with Crippen LogP contribution in [0.4, 0.5) is 5.69 Å². The summed E-state index contributed by atoms with van der Waals surface area (Å²) < 4.78 is 1.10. The van der Waals surface area contributed by atoms with Crippen molar-refractivity contribution in [3.8, 4) is 0 Å². The van der Waals surface area contributed by atoms with E-state index in [-0.39, 0.29) is 6.61 Å². The van der Waals surface area contributed by atoms with Gasteiger partial charge in [-0.2, -0.15) is 0 Å². The van der Waals surface area contributed by atoms with Crippen LogP contribution in [0.2, 0.25) is 0 Å². The van der Waals surface area contributed by atoms with E-state index >= 15 is 0 Å². The molecule has 0 atom stereocenters. The SMILES string of the molecule is CCN(c1ccc(CO)cc1Br)C1CCCCC1. The van der Waals surface area contributed by atoms with Gasteiger partial charge >= 0.3 is 0 Å². The molecule has 0 aliphatic heterocycles. The Morgan fingerprint density at radius 1 is 1.28 bits per heavy atom. The maximum atomic E-state index is 9.16. The Bertz CT molecular complexity index is 388. The number of rotatable bonds is 4. The summed E-state index contributed by atoms with van der Waals surface area (Å²) in [5.41, 5.74) is 2.23. The van der Waals surface area contributed by atoms with E-state index < -0.39 is 0 Å². The lowest BCUT2D eigenvalue weighted by Crippen LogP contribution is -2.36. The second-order valence-electron chi connectivity index (χ2n) is 5.02. The zero-order valence-electron chi connectivity index (χ0n) is 11.0. The minimum absolute atomic E-state index is 0.106. The average Bonchev–Trinajstić information content (AvgIpc) is 2.42. The molecule has 0 bridgehead atoms. The normalized spacial score (nSPS) is 16.8. The van der Waals surface area contributed by atoms with Crippen molar-refractivity contribution in [3.05, 3.63) is 28.2 Å². The number of benzene rings is 1. The van der Waals surface area contributed by atoms with Crippen molar-refractivity contribution >= 4 is 21.6 Å². The number of halogens is 1. The molecule has 1 fully saturated rings. The summed E-state index contributed by atoms with van der Waals surface area (Å²) in [5, 5.41) is 9.16. The van der Waals surface area contributed by atoms with E-state index in [1.54, 1.807) is 0 Å². The molecule has 3 heteroatoms. The minimum Gasteiger partial charge on any atom is -0.392 e. The van der Waals surface area contributed by atoms with Crippen LogP contribution in [0.25, 0.3) is 0 Å². The van der Waals surface area contributed by atoms with E-state index in [0.29, 0.717) is 6.04 Å². The topological polar surface area (TPSA) is 23.5 Å². The van der Waals surface area contributed by atoms with Gasteiger partial charge in [-0.15, -0.1) is 0 Å². The molecule has 0 saturated heterocycles. The first kappa shape index (κ1) is 13.9. The monoisotopic (exact) mass is 311 g/mol. The van der Waals surface area contributed by atoms with Crippen molar-refractivity contribution in [3.63, 3.8) is 0 Å². The molecule has 1 aliphatic carbocycles. The number of anilines is 1. The Hall–Kier alpha value is -0.540. The Labute approximate surface area is 118 Å². The van der Waals surface area contributed by atoms with Gasteiger partial charge in [-0.3, -0.25) is 0 Å². The summed E-state index contributed by atoms with van der Waals surface area (Å²) in [6, 6.07) is 6.86. The summed E-state index contributed by atoms with van der Waals surface area (Å²) >= 11 is 3.64. The van der Waals surface area contributed by atoms with E-state index in [1.165, 1.54) is 37.8 Å². The maximum absolute atomic E-state index is 9.16. The quantitative estimate of drug-likeness (QED) is 0.905. The van der Waals surface area contributed by atoms with Crippen LogP contribution in [0.5, 0.6) is 0 Å². The molecule has 1 aromatic carbocycles. The van der Waals surface area contributed by atoms with Crippen molar-refractivity contribution in [2.45, 2.75) is 51.7 Å². The smallest absolute Gasteiger partial charge is 0.0682 e. The number of nitrogens with zero attached hydrogens (tertiary/aromatic N) is 1. The molecular weight excluding hydrogens is 290 g/mol. The van der Waals surface area contributed by atoms with Crippen molar-refractivity contribution < 1.29 is 5.11 Å². The van der Waals surface area contributed by atoms with Crippen LogP contribution in [-0.2, 0) is 6.61 Å². The van der Waals surface area contributed by atoms with Crippen LogP contribution in [0.15, 0.2) is 22.7 Å². The molecule has 0 spiro atoms. The summed E-state index contributed by atoms with van der Waals surface area (Å²) in [6.07, 6.45) is 6.71. The number of hydrogen-bond donors (Lipinski definition) is 1. The van der Waals surface area contributed by atoms with Gasteiger partial charge in [-0.1, -0.05) is 25.3 Å². The first-order valence-corrected chi connectivity index (χ1v) is 7.71. The first-order valence-electron chi connectivity index (χ1n) is 6.92. The molecule has 1 aliphatic rings. The van der Waals surface area contributed by atoms with Gasteiger partial charge in [0.15, 0.2) is 0 Å². The molecule has 2 rings (SSSR count). The molecule has 0 amide bonds. The molecular formula is C15H22BrNO. The fourth-order valence-electron chi connectivity index (χ4n) is 2.90. The minimum atomic E-state index is 0.106. The van der Waals surface area contributed by atoms with Crippen molar-refractivity contribution in [1.29, 1.82) is 0 Å². The van der Waals surface area contributed by atoms with Crippen LogP contribution in [0, 0.1) is 0 Å². The standard InChI is InChI=1S/C15H22BrNO/c1-2-17(13-6-4-3-5-7-13)15-9-8-12(11-18)10-14(15)16/h8-10,13,18H,2-7,11H2,1H3. The Morgan fingerprint density at radius 2 is 2.00 bits per heavy atom. The van der Waals surface area contributed by atoms with E-state index in [2.05, 4.69) is 33.8 Å². The Kier molecular flexibility index (Phi) is 5.07. The predicted molar refractivity (Wildman–Crippen MR) is 80.0 cm³/mol. The second-order valence-corrected chi connectivity index (χ2v) is 5.88. The summed E-state index contributed by atoms with van der Waals surface area (Å²) in [7, 11) is 0. The highest BCUT2D eigenvalue weighted by Crippen LogP contribution is 2.32. The molecule has 0 aromatic heterocycles. The van der Waals surface area contributed by atoms with Gasteiger partial charge in [0.1, 0.15) is 0 Å². The lowest BCUT2D eigenvalue weighted by atomic mass is 9.93. The molecule has 0 unspecified atom stereocenters. The van der Waals surface area contributed by atoms with E-state index in [0.717, 1.165) is 16.6 Å². The van der Waals surface area contributed by atoms with E-state index in [1.807, 2.05) is 12.1 Å². The zero-order chi connectivity index (χ0) is 13.0. The van der Waals surface area contributed by atoms with Gasteiger partial charge in [0, 0.05) is 17.1 Å². The largest absolute Gasteiger partial charge is 0.392 e. The van der Waals surface area contributed by atoms with Gasteiger partial charge in [-0.25, -0.2) is 0 Å². The van der Waals surface area contributed by atoms with Gasteiger partial charge in [0.25, 0.3) is 0 Å². The molecule has 1 N–H and O–H groups in total. The molecule has 0 heterocycles. The average molecular weight is 312 g/mol. The fourth-order valence-corrected chi connectivity index (χ4v) is 3.55.